The van der Waals surface area contributed by atoms with E-state index in [4.69, 9.17) is 0 Å². The van der Waals surface area contributed by atoms with Gasteiger partial charge in [0.1, 0.15) is 0 Å². The van der Waals surface area contributed by atoms with Crippen LogP contribution in [0, 0.1) is 11.3 Å². The molecule has 0 aromatic carbocycles. The van der Waals surface area contributed by atoms with E-state index in [1.54, 1.807) is 0 Å². The van der Waals surface area contributed by atoms with E-state index in [1.807, 2.05) is 0 Å². The van der Waals surface area contributed by atoms with Gasteiger partial charge in [0.2, 0.25) is 5.91 Å². The predicted molar refractivity (Wildman–Crippen MR) is 47.7 cm³/mol. The lowest BCUT2D eigenvalue weighted by Gasteiger charge is -2.25. The molecule has 3 unspecified atom stereocenters. The summed E-state index contributed by atoms with van der Waals surface area (Å²) in [7, 11) is 0. The molecule has 2 fully saturated rings. The molecule has 1 amide bonds. The first-order valence-electron chi connectivity index (χ1n) is 4.99. The van der Waals surface area contributed by atoms with Gasteiger partial charge in [-0.05, 0) is 25.2 Å². The molecule has 12 heavy (non-hydrogen) atoms. The Bertz CT molecular complexity index is 214. The van der Waals surface area contributed by atoms with Crippen molar-refractivity contribution in [1.29, 1.82) is 0 Å². The van der Waals surface area contributed by atoms with Crippen LogP contribution in [0.15, 0.2) is 0 Å². The highest BCUT2D eigenvalue weighted by Crippen LogP contribution is 2.46. The van der Waals surface area contributed by atoms with Gasteiger partial charge in [-0.3, -0.25) is 4.79 Å². The molecule has 3 atom stereocenters. The van der Waals surface area contributed by atoms with Crippen LogP contribution < -0.4 is 5.32 Å². The number of carbonyl (C=O) groups excluding carboxylic acids is 1. The second-order valence-corrected chi connectivity index (χ2v) is 4.39. The normalized spacial score (nSPS) is 46.0. The summed E-state index contributed by atoms with van der Waals surface area (Å²) in [5, 5.41) is 3.12. The molecular formula is C10H17NO. The van der Waals surface area contributed by atoms with E-state index in [-0.39, 0.29) is 5.41 Å². The summed E-state index contributed by atoms with van der Waals surface area (Å²) in [6.45, 7) is 4.25. The Labute approximate surface area is 73.7 Å². The third-order valence-corrected chi connectivity index (χ3v) is 3.90. The fraction of sp³-hybridized carbons (Fsp3) is 0.900. The lowest BCUT2D eigenvalue weighted by molar-refractivity contribution is -0.128. The van der Waals surface area contributed by atoms with Crippen molar-refractivity contribution in [2.45, 2.75) is 45.6 Å². The lowest BCUT2D eigenvalue weighted by atomic mass is 9.75. The third kappa shape index (κ3) is 0.838. The molecule has 0 radical (unpaired) electrons. The number of hydrogen-bond acceptors (Lipinski definition) is 1. The average Bonchev–Trinajstić information content (AvgIpc) is 2.57. The molecule has 1 aliphatic carbocycles. The molecule has 0 spiro atoms. The van der Waals surface area contributed by atoms with Crippen molar-refractivity contribution in [3.05, 3.63) is 0 Å². The number of nitrogens with one attached hydrogen (secondary N) is 1. The summed E-state index contributed by atoms with van der Waals surface area (Å²) in [5.41, 5.74) is -0.0544. The molecule has 68 valence electrons. The zero-order valence-electron chi connectivity index (χ0n) is 7.89. The van der Waals surface area contributed by atoms with Gasteiger partial charge < -0.3 is 5.32 Å². The first kappa shape index (κ1) is 8.09. The van der Waals surface area contributed by atoms with Crippen molar-refractivity contribution in [1.82, 2.24) is 5.32 Å². The molecule has 0 bridgehead atoms. The Morgan fingerprint density at radius 2 is 2.33 bits per heavy atom. The molecule has 1 aliphatic heterocycles. The number of carbonyl (C=O) groups is 1. The first-order valence-corrected chi connectivity index (χ1v) is 4.99. The maximum absolute atomic E-state index is 11.6. The SMILES string of the molecule is CCC1(C)C(=O)NC2CCCC21. The van der Waals surface area contributed by atoms with Crippen LogP contribution in [0.5, 0.6) is 0 Å². The molecule has 2 rings (SSSR count). The number of amides is 1. The molecule has 1 saturated heterocycles. The third-order valence-electron chi connectivity index (χ3n) is 3.90. The van der Waals surface area contributed by atoms with Gasteiger partial charge in [-0.15, -0.1) is 0 Å². The van der Waals surface area contributed by atoms with E-state index in [0.29, 0.717) is 17.9 Å². The van der Waals surface area contributed by atoms with Gasteiger partial charge in [-0.25, -0.2) is 0 Å². The van der Waals surface area contributed by atoms with E-state index >= 15 is 0 Å². The van der Waals surface area contributed by atoms with Crippen molar-refractivity contribution >= 4 is 5.91 Å². The van der Waals surface area contributed by atoms with E-state index in [0.717, 1.165) is 6.42 Å². The van der Waals surface area contributed by atoms with Crippen molar-refractivity contribution < 1.29 is 4.79 Å². The van der Waals surface area contributed by atoms with Crippen LogP contribution in [0.2, 0.25) is 0 Å². The van der Waals surface area contributed by atoms with E-state index in [1.165, 1.54) is 19.3 Å². The molecule has 1 saturated carbocycles. The van der Waals surface area contributed by atoms with Crippen molar-refractivity contribution in [2.24, 2.45) is 11.3 Å². The van der Waals surface area contributed by atoms with Gasteiger partial charge in [0, 0.05) is 6.04 Å². The van der Waals surface area contributed by atoms with E-state index in [2.05, 4.69) is 19.2 Å². The molecule has 2 aliphatic rings. The standard InChI is InChI=1S/C10H17NO/c1-3-10(2)7-5-4-6-8(7)11-9(10)12/h7-8H,3-6H2,1-2H3,(H,11,12). The molecule has 2 heteroatoms. The van der Waals surface area contributed by atoms with Crippen molar-refractivity contribution in [3.63, 3.8) is 0 Å². The van der Waals surface area contributed by atoms with Crippen LogP contribution in [0.25, 0.3) is 0 Å². The summed E-state index contributed by atoms with van der Waals surface area (Å²) < 4.78 is 0. The summed E-state index contributed by atoms with van der Waals surface area (Å²) in [4.78, 5) is 11.6. The van der Waals surface area contributed by atoms with Crippen LogP contribution >= 0.6 is 0 Å². The Kier molecular flexibility index (Phi) is 1.67. The van der Waals surface area contributed by atoms with Crippen LogP contribution in [0.1, 0.15) is 39.5 Å². The van der Waals surface area contributed by atoms with Crippen LogP contribution in [0.4, 0.5) is 0 Å². The Morgan fingerprint density at radius 1 is 1.58 bits per heavy atom. The second-order valence-electron chi connectivity index (χ2n) is 4.39. The molecule has 1 N–H and O–H groups in total. The molecule has 0 aromatic heterocycles. The Hall–Kier alpha value is -0.530. The second kappa shape index (κ2) is 2.48. The molecule has 2 nitrogen and oxygen atoms in total. The van der Waals surface area contributed by atoms with Gasteiger partial charge in [-0.1, -0.05) is 20.3 Å². The molecular weight excluding hydrogens is 150 g/mol. The molecule has 1 heterocycles. The number of hydrogen-bond donors (Lipinski definition) is 1. The largest absolute Gasteiger partial charge is 0.353 e. The maximum atomic E-state index is 11.6. The minimum Gasteiger partial charge on any atom is -0.353 e. The lowest BCUT2D eigenvalue weighted by Crippen LogP contribution is -2.31. The smallest absolute Gasteiger partial charge is 0.226 e. The Balaban J connectivity index is 2.26. The van der Waals surface area contributed by atoms with Crippen LogP contribution in [-0.4, -0.2) is 11.9 Å². The fourth-order valence-corrected chi connectivity index (χ4v) is 2.82. The van der Waals surface area contributed by atoms with Gasteiger partial charge in [-0.2, -0.15) is 0 Å². The number of rotatable bonds is 1. The quantitative estimate of drug-likeness (QED) is 0.632. The van der Waals surface area contributed by atoms with Crippen molar-refractivity contribution in [3.8, 4) is 0 Å². The van der Waals surface area contributed by atoms with E-state index < -0.39 is 0 Å². The van der Waals surface area contributed by atoms with Gasteiger partial charge in [0.15, 0.2) is 0 Å². The van der Waals surface area contributed by atoms with E-state index in [9.17, 15) is 4.79 Å². The van der Waals surface area contributed by atoms with Gasteiger partial charge >= 0.3 is 0 Å². The zero-order valence-corrected chi connectivity index (χ0v) is 7.89. The zero-order chi connectivity index (χ0) is 8.77. The minimum atomic E-state index is -0.0544. The average molecular weight is 167 g/mol. The first-order chi connectivity index (χ1) is 5.68. The summed E-state index contributed by atoms with van der Waals surface area (Å²) >= 11 is 0. The maximum Gasteiger partial charge on any atom is 0.226 e. The minimum absolute atomic E-state index is 0.0544. The topological polar surface area (TPSA) is 29.1 Å². The van der Waals surface area contributed by atoms with Crippen LogP contribution in [0.3, 0.4) is 0 Å². The summed E-state index contributed by atoms with van der Waals surface area (Å²) in [6, 6.07) is 0.502. The van der Waals surface area contributed by atoms with Crippen LogP contribution in [-0.2, 0) is 4.79 Å². The predicted octanol–water partition coefficient (Wildman–Crippen LogP) is 1.70. The van der Waals surface area contributed by atoms with Gasteiger partial charge in [0.25, 0.3) is 0 Å². The monoisotopic (exact) mass is 167 g/mol. The summed E-state index contributed by atoms with van der Waals surface area (Å²) in [6.07, 6.45) is 4.73. The highest BCUT2D eigenvalue weighted by Gasteiger charge is 2.51. The highest BCUT2D eigenvalue weighted by molar-refractivity contribution is 5.85. The number of fused-ring (bicyclic) bond motifs is 1. The van der Waals surface area contributed by atoms with Crippen molar-refractivity contribution in [2.75, 3.05) is 0 Å². The molecule has 0 aromatic rings. The fourth-order valence-electron chi connectivity index (χ4n) is 2.82. The van der Waals surface area contributed by atoms with Gasteiger partial charge in [0.05, 0.1) is 5.41 Å². The summed E-state index contributed by atoms with van der Waals surface area (Å²) in [5.74, 6) is 0.912. The highest BCUT2D eigenvalue weighted by atomic mass is 16.2. The Morgan fingerprint density at radius 3 is 3.00 bits per heavy atom.